The van der Waals surface area contributed by atoms with Gasteiger partial charge in [0.2, 0.25) is 0 Å². The van der Waals surface area contributed by atoms with Crippen molar-refractivity contribution in [3.05, 3.63) is 320 Å². The highest BCUT2D eigenvalue weighted by Crippen LogP contribution is 2.56. The first-order chi connectivity index (χ1) is 47.4. The first-order valence-electron chi connectivity index (χ1n) is 34.2. The molecule has 0 fully saturated rings. The van der Waals surface area contributed by atoms with Crippen LogP contribution in [0, 0.1) is 11.3 Å². The van der Waals surface area contributed by atoms with Crippen LogP contribution in [0.5, 0.6) is 0 Å². The SMILES string of the molecule is [2H]c1c([2H])c([2H])c(-c2cccc(-c3ccc(C(C)(C)C)cc3)c2N2CN(c3cc(-c4c(-c5ccccc5)cccc4-c4ccccc4)cc(N(c4ccccc4)c4ccc5c(c4)N(c4cc(C([2H])(C)C)ccn4)c4ccc(C#N)cc4-c4ccccc4-5)c3)c3ccccc32)c([2H])c1[2H]. The fourth-order valence-corrected chi connectivity index (χ4v) is 13.3. The molecule has 0 atom stereocenters. The minimum absolute atomic E-state index is 0.116. The number of hydrogen-bond donors (Lipinski definition) is 0. The van der Waals surface area contributed by atoms with Gasteiger partial charge in [0.05, 0.1) is 46.9 Å². The van der Waals surface area contributed by atoms with Gasteiger partial charge in [0.1, 0.15) is 12.5 Å². The fraction of sp³-hybridized carbons (Fsp3) is 0.0930. The number of benzene rings is 12. The van der Waals surface area contributed by atoms with Crippen molar-refractivity contribution in [2.75, 3.05) is 26.3 Å². The van der Waals surface area contributed by atoms with E-state index in [9.17, 15) is 9.37 Å². The Balaban J connectivity index is 1.00. The average molecular weight is 1190 g/mol. The number of nitrogens with zero attached hydrogens (tertiary/aromatic N) is 6. The topological polar surface area (TPSA) is 49.6 Å². The van der Waals surface area contributed by atoms with Crippen LogP contribution >= 0.6 is 0 Å². The largest absolute Gasteiger partial charge is 0.321 e. The number of pyridine rings is 1. The Bertz CT molecular complexity index is 5230. The second kappa shape index (κ2) is 23.8. The van der Waals surface area contributed by atoms with Gasteiger partial charge < -0.3 is 14.7 Å². The van der Waals surface area contributed by atoms with E-state index in [4.69, 9.17) is 9.10 Å². The molecular weight excluding hydrogens is 1120 g/mol. The second-order valence-corrected chi connectivity index (χ2v) is 24.7. The summed E-state index contributed by atoms with van der Waals surface area (Å²) in [6.07, 6.45) is 1.78. The molecule has 0 saturated carbocycles. The predicted molar refractivity (Wildman–Crippen MR) is 385 cm³/mol. The van der Waals surface area contributed by atoms with E-state index >= 15 is 0 Å². The van der Waals surface area contributed by atoms with Gasteiger partial charge in [-0.05, 0) is 163 Å². The van der Waals surface area contributed by atoms with E-state index in [2.05, 4.69) is 241 Å². The van der Waals surface area contributed by atoms with Crippen LogP contribution in [0.4, 0.5) is 57.0 Å². The molecule has 1 aromatic heterocycles. The zero-order chi connectivity index (χ0) is 67.7. The molecule has 0 unspecified atom stereocenters. The summed E-state index contributed by atoms with van der Waals surface area (Å²) in [5.74, 6) is -0.324. The van der Waals surface area contributed by atoms with Gasteiger partial charge in [0.25, 0.3) is 0 Å². The maximum atomic E-state index is 10.4. The van der Waals surface area contributed by atoms with E-state index in [1.54, 1.807) is 6.20 Å². The van der Waals surface area contributed by atoms with Crippen molar-refractivity contribution in [3.8, 4) is 84.0 Å². The molecule has 0 bridgehead atoms. The average Bonchev–Trinajstić information content (AvgIpc) is 1.69. The van der Waals surface area contributed by atoms with Crippen LogP contribution in [0.15, 0.2) is 303 Å². The van der Waals surface area contributed by atoms with Crippen LogP contribution in [0.3, 0.4) is 0 Å². The minimum atomic E-state index is -0.946. The van der Waals surface area contributed by atoms with Crippen LogP contribution in [0.1, 0.15) is 65.4 Å². The molecule has 442 valence electrons. The first kappa shape index (κ1) is 50.4. The van der Waals surface area contributed by atoms with Gasteiger partial charge in [-0.3, -0.25) is 4.90 Å². The molecule has 0 amide bonds. The van der Waals surface area contributed by atoms with Crippen molar-refractivity contribution in [2.45, 2.75) is 45.9 Å². The van der Waals surface area contributed by atoms with E-state index in [1.165, 1.54) is 0 Å². The Hall–Kier alpha value is -11.5. The van der Waals surface area contributed by atoms with Crippen molar-refractivity contribution < 1.29 is 8.22 Å². The fourth-order valence-electron chi connectivity index (χ4n) is 13.3. The molecular formula is C86H68N6. The standard InChI is InChI=1S/C86H68N6/c1-58(2)64-48-49-88-83(53-64)92-79-47-40-59(56-87)50-78(79)76-33-19-18-32-75(76)77-46-45-68(55-82(77)92)91(67-30-16-9-17-31-67)70-52-65(84-71(60-24-10-6-11-25-60)34-22-35-72(84)61-26-12-7-13-27-61)51-69(54-70)89-57-90(81-39-21-20-38-80(81)89)85-73(62-28-14-8-15-29-62)36-23-37-74(85)63-41-43-66(44-42-63)86(3,4)5/h6-55,58H,57H2,1-5H3/i8D,14D,15D,28D,29D,58D. The minimum Gasteiger partial charge on any atom is -0.321 e. The predicted octanol–water partition coefficient (Wildman–Crippen LogP) is 23.5. The van der Waals surface area contributed by atoms with E-state index in [0.29, 0.717) is 22.6 Å². The lowest BCUT2D eigenvalue weighted by atomic mass is 9.86. The lowest BCUT2D eigenvalue weighted by Gasteiger charge is -2.32. The van der Waals surface area contributed by atoms with Crippen LogP contribution in [0.25, 0.3) is 77.9 Å². The highest BCUT2D eigenvalue weighted by atomic mass is 15.4. The Kier molecular flexibility index (Phi) is 13.0. The smallest absolute Gasteiger partial charge is 0.137 e. The summed E-state index contributed by atoms with van der Waals surface area (Å²) in [5, 5.41) is 10.4. The monoisotopic (exact) mass is 1190 g/mol. The quantitative estimate of drug-likeness (QED) is 0.121. The van der Waals surface area contributed by atoms with Crippen molar-refractivity contribution in [1.29, 1.82) is 5.26 Å². The number of hydrogen-bond acceptors (Lipinski definition) is 6. The second-order valence-electron chi connectivity index (χ2n) is 24.7. The van der Waals surface area contributed by atoms with Gasteiger partial charge >= 0.3 is 0 Å². The molecule has 2 aliphatic rings. The highest BCUT2D eigenvalue weighted by Gasteiger charge is 2.34. The van der Waals surface area contributed by atoms with Gasteiger partial charge in [-0.25, -0.2) is 4.98 Å². The molecule has 6 heteroatoms. The molecule has 0 radical (unpaired) electrons. The third kappa shape index (κ3) is 10.4. The van der Waals surface area contributed by atoms with Crippen molar-refractivity contribution in [3.63, 3.8) is 0 Å². The number of fused-ring (bicyclic) bond motifs is 6. The van der Waals surface area contributed by atoms with Gasteiger partial charge in [-0.2, -0.15) is 5.26 Å². The number of rotatable bonds is 12. The highest BCUT2D eigenvalue weighted by molar-refractivity contribution is 6.05. The van der Waals surface area contributed by atoms with E-state index in [1.807, 2.05) is 86.6 Å². The third-order valence-corrected chi connectivity index (χ3v) is 17.8. The molecule has 12 aromatic carbocycles. The molecule has 0 spiro atoms. The zero-order valence-electron chi connectivity index (χ0n) is 57.9. The molecule has 15 rings (SSSR count). The molecule has 0 aliphatic carbocycles. The van der Waals surface area contributed by atoms with Gasteiger partial charge in [-0.15, -0.1) is 0 Å². The van der Waals surface area contributed by atoms with E-state index in [0.717, 1.165) is 123 Å². The molecule has 6 nitrogen and oxygen atoms in total. The lowest BCUT2D eigenvalue weighted by molar-refractivity contribution is 0.590. The van der Waals surface area contributed by atoms with Gasteiger partial charge in [0, 0.05) is 52.6 Å². The number of aromatic nitrogens is 1. The van der Waals surface area contributed by atoms with Crippen LogP contribution in [-0.4, -0.2) is 11.7 Å². The van der Waals surface area contributed by atoms with E-state index in [-0.39, 0.29) is 29.7 Å². The molecule has 0 saturated heterocycles. The summed E-state index contributed by atoms with van der Waals surface area (Å²) < 4.78 is 54.9. The third-order valence-electron chi connectivity index (χ3n) is 17.8. The molecule has 2 aliphatic heterocycles. The van der Waals surface area contributed by atoms with Crippen LogP contribution < -0.4 is 19.6 Å². The summed E-state index contributed by atoms with van der Waals surface area (Å²) in [6, 6.07) is 93.0. The molecule has 0 N–H and O–H groups in total. The normalized spacial score (nSPS) is 13.4. The van der Waals surface area contributed by atoms with Crippen molar-refractivity contribution in [1.82, 2.24) is 4.98 Å². The summed E-state index contributed by atoms with van der Waals surface area (Å²) in [4.78, 5) is 14.2. The molecule has 3 heterocycles. The Labute approximate surface area is 548 Å². The first-order valence-corrected chi connectivity index (χ1v) is 31.2. The molecule has 92 heavy (non-hydrogen) atoms. The zero-order valence-corrected chi connectivity index (χ0v) is 51.9. The summed E-state index contributed by atoms with van der Waals surface area (Å²) in [5.41, 5.74) is 22.2. The summed E-state index contributed by atoms with van der Waals surface area (Å²) >= 11 is 0. The summed E-state index contributed by atoms with van der Waals surface area (Å²) in [6.45, 7) is 10.6. The van der Waals surface area contributed by atoms with Gasteiger partial charge in [0.15, 0.2) is 0 Å². The Morgan fingerprint density at radius 1 is 0.457 bits per heavy atom. The molecule has 13 aromatic rings. The maximum absolute atomic E-state index is 10.4. The van der Waals surface area contributed by atoms with Crippen molar-refractivity contribution >= 4 is 57.0 Å². The van der Waals surface area contributed by atoms with Crippen LogP contribution in [0.2, 0.25) is 0 Å². The Morgan fingerprint density at radius 3 is 1.70 bits per heavy atom. The number of nitriles is 1. The summed E-state index contributed by atoms with van der Waals surface area (Å²) in [7, 11) is 0. The van der Waals surface area contributed by atoms with Gasteiger partial charge in [-0.1, -0.05) is 247 Å². The Morgan fingerprint density at radius 2 is 1.04 bits per heavy atom. The maximum Gasteiger partial charge on any atom is 0.137 e. The van der Waals surface area contributed by atoms with Crippen LogP contribution in [-0.2, 0) is 5.41 Å². The lowest BCUT2D eigenvalue weighted by Crippen LogP contribution is -2.25. The van der Waals surface area contributed by atoms with Crippen molar-refractivity contribution in [2.24, 2.45) is 0 Å². The van der Waals surface area contributed by atoms with E-state index < -0.39 is 24.0 Å². The number of para-hydroxylation sites is 4. The number of anilines is 10.